The molecule has 29 heavy (non-hydrogen) atoms. The zero-order valence-electron chi connectivity index (χ0n) is 16.5. The summed E-state index contributed by atoms with van der Waals surface area (Å²) in [7, 11) is 0. The van der Waals surface area contributed by atoms with Crippen LogP contribution in [-0.2, 0) is 16.2 Å². The van der Waals surface area contributed by atoms with Crippen molar-refractivity contribution in [2.45, 2.75) is 51.2 Å². The van der Waals surface area contributed by atoms with E-state index in [1.807, 2.05) is 54.6 Å². The molecular formula is C23H27N3O3. The quantitative estimate of drug-likeness (QED) is 0.409. The number of rotatable bonds is 8. The molecule has 0 atom stereocenters. The molecule has 2 aromatic rings. The van der Waals surface area contributed by atoms with Gasteiger partial charge in [0.1, 0.15) is 18.8 Å². The molecule has 0 aromatic heterocycles. The average molecular weight is 393 g/mol. The normalized spacial score (nSPS) is 14.5. The molecule has 0 radical (unpaired) electrons. The van der Waals surface area contributed by atoms with Gasteiger partial charge in [0.25, 0.3) is 0 Å². The van der Waals surface area contributed by atoms with Crippen LogP contribution < -0.4 is 15.5 Å². The molecule has 0 saturated heterocycles. The molecule has 0 aliphatic heterocycles. The second-order valence-electron chi connectivity index (χ2n) is 7.22. The largest absolute Gasteiger partial charge is 0.489 e. The van der Waals surface area contributed by atoms with Gasteiger partial charge in [-0.25, -0.2) is 5.43 Å². The van der Waals surface area contributed by atoms with Crippen LogP contribution in [0.3, 0.4) is 0 Å². The molecule has 1 fully saturated rings. The summed E-state index contributed by atoms with van der Waals surface area (Å²) >= 11 is 0. The standard InChI is InChI=1S/C23H27N3O3/c27-22(25-20-9-5-2-6-10-20)15-23(28)26-24-16-18-11-13-21(14-12-18)29-17-19-7-3-1-4-8-19/h1,3-4,7-8,11-14,16,20H,2,5-6,9-10,15,17H2,(H,25,27)(H,26,28)/b24-16-. The van der Waals surface area contributed by atoms with Gasteiger partial charge in [-0.1, -0.05) is 49.6 Å². The zero-order valence-corrected chi connectivity index (χ0v) is 16.5. The summed E-state index contributed by atoms with van der Waals surface area (Å²) in [4.78, 5) is 23.8. The van der Waals surface area contributed by atoms with E-state index < -0.39 is 5.91 Å². The molecular weight excluding hydrogens is 366 g/mol. The summed E-state index contributed by atoms with van der Waals surface area (Å²) < 4.78 is 5.74. The highest BCUT2D eigenvalue weighted by Crippen LogP contribution is 2.17. The molecule has 0 heterocycles. The number of nitrogens with zero attached hydrogens (tertiary/aromatic N) is 1. The van der Waals surface area contributed by atoms with E-state index >= 15 is 0 Å². The van der Waals surface area contributed by atoms with Crippen LogP contribution in [0, 0.1) is 0 Å². The minimum atomic E-state index is -0.419. The number of ether oxygens (including phenoxy) is 1. The van der Waals surface area contributed by atoms with E-state index in [0.717, 1.165) is 42.6 Å². The highest BCUT2D eigenvalue weighted by Gasteiger charge is 2.17. The minimum absolute atomic E-state index is 0.204. The zero-order chi connectivity index (χ0) is 20.3. The van der Waals surface area contributed by atoms with Crippen LogP contribution in [0.1, 0.15) is 49.7 Å². The number of hydrazone groups is 1. The van der Waals surface area contributed by atoms with Gasteiger partial charge in [-0.3, -0.25) is 9.59 Å². The van der Waals surface area contributed by atoms with Crippen molar-refractivity contribution in [1.29, 1.82) is 0 Å². The van der Waals surface area contributed by atoms with Crippen molar-refractivity contribution in [2.24, 2.45) is 5.10 Å². The van der Waals surface area contributed by atoms with Gasteiger partial charge < -0.3 is 10.1 Å². The molecule has 0 spiro atoms. The Balaban J connectivity index is 1.38. The first-order valence-electron chi connectivity index (χ1n) is 10.1. The number of amides is 2. The third-order valence-electron chi connectivity index (χ3n) is 4.82. The Kier molecular flexibility index (Phi) is 7.81. The molecule has 2 N–H and O–H groups in total. The monoisotopic (exact) mass is 393 g/mol. The molecule has 0 unspecified atom stereocenters. The summed E-state index contributed by atoms with van der Waals surface area (Å²) in [5, 5.41) is 6.84. The van der Waals surface area contributed by atoms with E-state index in [1.54, 1.807) is 0 Å². The van der Waals surface area contributed by atoms with Crippen molar-refractivity contribution < 1.29 is 14.3 Å². The lowest BCUT2D eigenvalue weighted by Crippen LogP contribution is -2.38. The van der Waals surface area contributed by atoms with Gasteiger partial charge in [-0.2, -0.15) is 5.10 Å². The Bertz CT molecular complexity index is 813. The van der Waals surface area contributed by atoms with Gasteiger partial charge in [0.15, 0.2) is 0 Å². The highest BCUT2D eigenvalue weighted by molar-refractivity contribution is 5.97. The minimum Gasteiger partial charge on any atom is -0.489 e. The SMILES string of the molecule is O=C(CC(=O)NC1CCCCC1)N/N=C\c1ccc(OCc2ccccc2)cc1. The second kappa shape index (κ2) is 11.0. The average Bonchev–Trinajstić information content (AvgIpc) is 2.74. The fourth-order valence-electron chi connectivity index (χ4n) is 3.28. The van der Waals surface area contributed by atoms with Crippen LogP contribution in [0.25, 0.3) is 0 Å². The molecule has 1 aliphatic carbocycles. The maximum absolute atomic E-state index is 11.9. The third-order valence-corrected chi connectivity index (χ3v) is 4.82. The van der Waals surface area contributed by atoms with E-state index in [4.69, 9.17) is 4.74 Å². The van der Waals surface area contributed by atoms with Gasteiger partial charge in [0, 0.05) is 6.04 Å². The molecule has 0 bridgehead atoms. The number of nitrogens with one attached hydrogen (secondary N) is 2. The van der Waals surface area contributed by atoms with Crippen LogP contribution >= 0.6 is 0 Å². The van der Waals surface area contributed by atoms with Gasteiger partial charge in [-0.15, -0.1) is 0 Å². The Morgan fingerprint density at radius 3 is 2.41 bits per heavy atom. The second-order valence-corrected chi connectivity index (χ2v) is 7.22. The Morgan fingerprint density at radius 1 is 0.966 bits per heavy atom. The van der Waals surface area contributed by atoms with Crippen molar-refractivity contribution in [3.05, 3.63) is 65.7 Å². The molecule has 1 aliphatic rings. The van der Waals surface area contributed by atoms with Crippen LogP contribution in [0.15, 0.2) is 59.7 Å². The molecule has 6 heteroatoms. The fraction of sp³-hybridized carbons (Fsp3) is 0.348. The lowest BCUT2D eigenvalue weighted by atomic mass is 9.95. The number of hydrogen-bond donors (Lipinski definition) is 2. The van der Waals surface area contributed by atoms with E-state index in [0.29, 0.717) is 6.61 Å². The van der Waals surface area contributed by atoms with E-state index in [2.05, 4.69) is 15.8 Å². The topological polar surface area (TPSA) is 79.8 Å². The molecule has 152 valence electrons. The molecule has 6 nitrogen and oxygen atoms in total. The van der Waals surface area contributed by atoms with Crippen LogP contribution in [0.5, 0.6) is 5.75 Å². The van der Waals surface area contributed by atoms with Gasteiger partial charge in [0.2, 0.25) is 11.8 Å². The van der Waals surface area contributed by atoms with Gasteiger partial charge in [0.05, 0.1) is 6.21 Å². The van der Waals surface area contributed by atoms with Crippen LogP contribution in [0.2, 0.25) is 0 Å². The lowest BCUT2D eigenvalue weighted by molar-refractivity contribution is -0.129. The summed E-state index contributed by atoms with van der Waals surface area (Å²) in [6.45, 7) is 0.507. The molecule has 1 saturated carbocycles. The van der Waals surface area contributed by atoms with Crippen molar-refractivity contribution in [2.75, 3.05) is 0 Å². The number of benzene rings is 2. The highest BCUT2D eigenvalue weighted by atomic mass is 16.5. The molecule has 2 aromatic carbocycles. The Labute approximate surface area is 171 Å². The van der Waals surface area contributed by atoms with Crippen LogP contribution in [-0.4, -0.2) is 24.1 Å². The maximum Gasteiger partial charge on any atom is 0.249 e. The summed E-state index contributed by atoms with van der Waals surface area (Å²) in [6, 6.07) is 17.6. The third kappa shape index (κ3) is 7.41. The maximum atomic E-state index is 11.9. The lowest BCUT2D eigenvalue weighted by Gasteiger charge is -2.22. The summed E-state index contributed by atoms with van der Waals surface area (Å²) in [5.74, 6) is 0.0938. The van der Waals surface area contributed by atoms with Crippen molar-refractivity contribution in [1.82, 2.24) is 10.7 Å². The Hall–Kier alpha value is -3.15. The summed E-state index contributed by atoms with van der Waals surface area (Å²) in [5.41, 5.74) is 4.33. The first-order chi connectivity index (χ1) is 14.2. The van der Waals surface area contributed by atoms with E-state index in [9.17, 15) is 9.59 Å². The molecule has 3 rings (SSSR count). The van der Waals surface area contributed by atoms with Crippen molar-refractivity contribution in [3.63, 3.8) is 0 Å². The number of hydrogen-bond acceptors (Lipinski definition) is 4. The van der Waals surface area contributed by atoms with Crippen molar-refractivity contribution >= 4 is 18.0 Å². The predicted octanol–water partition coefficient (Wildman–Crippen LogP) is 3.55. The number of carbonyl (C=O) groups excluding carboxylic acids is 2. The summed E-state index contributed by atoms with van der Waals surface area (Å²) in [6.07, 6.45) is 6.82. The first-order valence-corrected chi connectivity index (χ1v) is 10.1. The predicted molar refractivity (Wildman–Crippen MR) is 113 cm³/mol. The van der Waals surface area contributed by atoms with Gasteiger partial charge >= 0.3 is 0 Å². The smallest absolute Gasteiger partial charge is 0.249 e. The Morgan fingerprint density at radius 2 is 1.69 bits per heavy atom. The van der Waals surface area contributed by atoms with E-state index in [1.165, 1.54) is 12.6 Å². The van der Waals surface area contributed by atoms with Crippen LogP contribution in [0.4, 0.5) is 0 Å². The van der Waals surface area contributed by atoms with Gasteiger partial charge in [-0.05, 0) is 48.2 Å². The van der Waals surface area contributed by atoms with E-state index in [-0.39, 0.29) is 18.4 Å². The van der Waals surface area contributed by atoms with Crippen molar-refractivity contribution in [3.8, 4) is 5.75 Å². The molecule has 2 amide bonds. The fourth-order valence-corrected chi connectivity index (χ4v) is 3.28. The first kappa shape index (κ1) is 20.6. The number of carbonyl (C=O) groups is 2.